The maximum atomic E-state index is 13.8. The Morgan fingerprint density at radius 1 is 0.815 bits per heavy atom. The van der Waals surface area contributed by atoms with Crippen LogP contribution in [0.5, 0.6) is 17.2 Å². The van der Waals surface area contributed by atoms with Crippen LogP contribution in [-0.4, -0.2) is 11.6 Å². The molecule has 0 aliphatic rings. The van der Waals surface area contributed by atoms with Gasteiger partial charge in [-0.2, -0.15) is 0 Å². The number of ether oxygens (including phenoxy) is 2. The first kappa shape index (κ1) is 17.0. The fraction of sp³-hybridized carbons (Fsp3) is 0.0870. The summed E-state index contributed by atoms with van der Waals surface area (Å²) < 4.78 is 25.6. The van der Waals surface area contributed by atoms with Crippen molar-refractivity contribution >= 4 is 10.9 Å². The van der Waals surface area contributed by atoms with Crippen LogP contribution < -0.4 is 9.47 Å². The summed E-state index contributed by atoms with van der Waals surface area (Å²) >= 11 is 0. The van der Waals surface area contributed by atoms with E-state index in [1.54, 1.807) is 18.3 Å². The Labute approximate surface area is 157 Å². The van der Waals surface area contributed by atoms with Gasteiger partial charge in [0.05, 0.1) is 6.61 Å². The van der Waals surface area contributed by atoms with E-state index in [4.69, 9.17) is 9.47 Å². The van der Waals surface area contributed by atoms with Crippen molar-refractivity contribution < 1.29 is 13.9 Å². The lowest BCUT2D eigenvalue weighted by Gasteiger charge is -2.10. The number of nitrogens with zero attached hydrogens (tertiary/aromatic N) is 1. The van der Waals surface area contributed by atoms with E-state index in [9.17, 15) is 4.39 Å². The average molecular weight is 359 g/mol. The summed E-state index contributed by atoms with van der Waals surface area (Å²) in [7, 11) is 0. The van der Waals surface area contributed by atoms with Crippen LogP contribution in [0, 0.1) is 5.82 Å². The molecule has 0 aliphatic heterocycles. The molecule has 1 aromatic heterocycles. The molecule has 0 saturated heterocycles. The van der Waals surface area contributed by atoms with Crippen molar-refractivity contribution in [1.82, 2.24) is 4.98 Å². The molecule has 0 amide bonds. The zero-order chi connectivity index (χ0) is 18.5. The molecule has 1 heterocycles. The van der Waals surface area contributed by atoms with E-state index in [1.165, 1.54) is 6.07 Å². The predicted molar refractivity (Wildman–Crippen MR) is 104 cm³/mol. The fourth-order valence-electron chi connectivity index (χ4n) is 2.91. The predicted octanol–water partition coefficient (Wildman–Crippen LogP) is 5.79. The minimum absolute atomic E-state index is 0.327. The fourth-order valence-corrected chi connectivity index (χ4v) is 2.91. The first-order chi connectivity index (χ1) is 13.3. The molecule has 0 spiro atoms. The summed E-state index contributed by atoms with van der Waals surface area (Å²) in [5.41, 5.74) is 1.43. The number of aromatic nitrogens is 1. The second-order valence-corrected chi connectivity index (χ2v) is 6.11. The van der Waals surface area contributed by atoms with E-state index >= 15 is 0 Å². The molecule has 0 fully saturated rings. The number of pyridine rings is 1. The molecule has 0 aliphatic carbocycles. The van der Waals surface area contributed by atoms with E-state index < -0.39 is 0 Å². The summed E-state index contributed by atoms with van der Waals surface area (Å²) in [6.45, 7) is 0.477. The monoisotopic (exact) mass is 359 g/mol. The quantitative estimate of drug-likeness (QED) is 0.437. The number of hydrogen-bond acceptors (Lipinski definition) is 3. The minimum atomic E-state index is -0.344. The van der Waals surface area contributed by atoms with Crippen LogP contribution >= 0.6 is 0 Å². The Hall–Kier alpha value is -3.40. The Morgan fingerprint density at radius 3 is 2.52 bits per heavy atom. The van der Waals surface area contributed by atoms with Gasteiger partial charge in [-0.25, -0.2) is 4.39 Å². The number of benzene rings is 3. The van der Waals surface area contributed by atoms with Gasteiger partial charge in [0.25, 0.3) is 0 Å². The third-order valence-electron chi connectivity index (χ3n) is 4.21. The molecule has 0 unspecified atom stereocenters. The highest BCUT2D eigenvalue weighted by molar-refractivity contribution is 5.85. The van der Waals surface area contributed by atoms with Crippen molar-refractivity contribution in [3.8, 4) is 17.2 Å². The molecule has 0 N–H and O–H groups in total. The number of para-hydroxylation sites is 2. The van der Waals surface area contributed by atoms with Gasteiger partial charge in [-0.1, -0.05) is 36.4 Å². The Morgan fingerprint density at radius 2 is 1.63 bits per heavy atom. The van der Waals surface area contributed by atoms with E-state index in [-0.39, 0.29) is 5.82 Å². The number of hydrogen-bond donors (Lipinski definition) is 0. The van der Waals surface area contributed by atoms with Crippen LogP contribution in [0.25, 0.3) is 10.9 Å². The van der Waals surface area contributed by atoms with Crippen molar-refractivity contribution in [2.45, 2.75) is 6.42 Å². The molecule has 0 bridgehead atoms. The lowest BCUT2D eigenvalue weighted by molar-refractivity contribution is 0.325. The molecule has 4 aromatic rings. The highest BCUT2D eigenvalue weighted by Crippen LogP contribution is 2.26. The number of fused-ring (bicyclic) bond motifs is 1. The molecule has 0 atom stereocenters. The van der Waals surface area contributed by atoms with Crippen molar-refractivity contribution in [1.29, 1.82) is 0 Å². The van der Waals surface area contributed by atoms with Gasteiger partial charge in [0, 0.05) is 18.0 Å². The van der Waals surface area contributed by atoms with Gasteiger partial charge in [-0.3, -0.25) is 4.98 Å². The van der Waals surface area contributed by atoms with Crippen LogP contribution in [0.15, 0.2) is 85.1 Å². The minimum Gasteiger partial charge on any atom is -0.492 e. The van der Waals surface area contributed by atoms with Crippen molar-refractivity contribution in [2.24, 2.45) is 0 Å². The highest BCUT2D eigenvalue weighted by atomic mass is 19.1. The van der Waals surface area contributed by atoms with E-state index in [2.05, 4.69) is 4.98 Å². The van der Waals surface area contributed by atoms with Gasteiger partial charge < -0.3 is 9.47 Å². The first-order valence-corrected chi connectivity index (χ1v) is 8.77. The third kappa shape index (κ3) is 4.06. The SMILES string of the molecule is Fc1cccc2c(OCCc3cccc(Oc4ccccc4)c3)ccnc12. The van der Waals surface area contributed by atoms with Crippen LogP contribution in [0.3, 0.4) is 0 Å². The Kier molecular flexibility index (Phi) is 4.97. The molecule has 4 heteroatoms. The lowest BCUT2D eigenvalue weighted by atomic mass is 10.1. The van der Waals surface area contributed by atoms with Gasteiger partial charge in [0.15, 0.2) is 0 Å². The van der Waals surface area contributed by atoms with E-state index in [1.807, 2.05) is 60.7 Å². The summed E-state index contributed by atoms with van der Waals surface area (Å²) in [4.78, 5) is 4.09. The molecule has 27 heavy (non-hydrogen) atoms. The second kappa shape index (κ2) is 7.87. The van der Waals surface area contributed by atoms with Gasteiger partial charge >= 0.3 is 0 Å². The molecule has 0 saturated carbocycles. The van der Waals surface area contributed by atoms with Crippen molar-refractivity contribution in [2.75, 3.05) is 6.61 Å². The van der Waals surface area contributed by atoms with Crippen LogP contribution in [0.2, 0.25) is 0 Å². The molecular weight excluding hydrogens is 341 g/mol. The summed E-state index contributed by atoms with van der Waals surface area (Å²) in [5.74, 6) is 1.88. The molecule has 4 rings (SSSR count). The standard InChI is InChI=1S/C23H18FNO2/c24-21-11-5-10-20-22(12-14-25-23(20)21)26-15-13-17-6-4-9-19(16-17)27-18-7-2-1-3-8-18/h1-12,14,16H,13,15H2. The smallest absolute Gasteiger partial charge is 0.149 e. The molecule has 134 valence electrons. The molecule has 0 radical (unpaired) electrons. The lowest BCUT2D eigenvalue weighted by Crippen LogP contribution is -2.02. The second-order valence-electron chi connectivity index (χ2n) is 6.11. The summed E-state index contributed by atoms with van der Waals surface area (Å²) in [5, 5.41) is 0.679. The third-order valence-corrected chi connectivity index (χ3v) is 4.21. The largest absolute Gasteiger partial charge is 0.492 e. The number of rotatable bonds is 6. The van der Waals surface area contributed by atoms with Gasteiger partial charge in [0.1, 0.15) is 28.6 Å². The zero-order valence-electron chi connectivity index (χ0n) is 14.6. The molecule has 3 aromatic carbocycles. The Bertz CT molecular complexity index is 1050. The first-order valence-electron chi connectivity index (χ1n) is 8.77. The van der Waals surface area contributed by atoms with E-state index in [0.29, 0.717) is 29.7 Å². The zero-order valence-corrected chi connectivity index (χ0v) is 14.6. The van der Waals surface area contributed by atoms with Gasteiger partial charge in [-0.15, -0.1) is 0 Å². The number of halogens is 1. The summed E-state index contributed by atoms with van der Waals surface area (Å²) in [6.07, 6.45) is 2.28. The molecule has 3 nitrogen and oxygen atoms in total. The van der Waals surface area contributed by atoms with Crippen LogP contribution in [0.1, 0.15) is 5.56 Å². The Balaban J connectivity index is 1.43. The summed E-state index contributed by atoms with van der Waals surface area (Å²) in [6, 6.07) is 24.2. The topological polar surface area (TPSA) is 31.4 Å². The highest BCUT2D eigenvalue weighted by Gasteiger charge is 2.07. The van der Waals surface area contributed by atoms with E-state index in [0.717, 1.165) is 17.1 Å². The van der Waals surface area contributed by atoms with Crippen molar-refractivity contribution in [3.05, 3.63) is 96.4 Å². The average Bonchev–Trinajstić information content (AvgIpc) is 2.70. The maximum Gasteiger partial charge on any atom is 0.149 e. The van der Waals surface area contributed by atoms with Gasteiger partial charge in [-0.05, 0) is 48.0 Å². The van der Waals surface area contributed by atoms with Crippen molar-refractivity contribution in [3.63, 3.8) is 0 Å². The maximum absolute atomic E-state index is 13.8. The van der Waals surface area contributed by atoms with Gasteiger partial charge in [0.2, 0.25) is 0 Å². The van der Waals surface area contributed by atoms with Crippen LogP contribution in [-0.2, 0) is 6.42 Å². The van der Waals surface area contributed by atoms with Crippen LogP contribution in [0.4, 0.5) is 4.39 Å². The normalized spacial score (nSPS) is 10.7. The molecular formula is C23H18FNO2.